The van der Waals surface area contributed by atoms with E-state index in [9.17, 15) is 0 Å². The monoisotopic (exact) mass is 217 g/mol. The second-order valence-electron chi connectivity index (χ2n) is 3.73. The third-order valence-corrected chi connectivity index (χ3v) is 2.51. The summed E-state index contributed by atoms with van der Waals surface area (Å²) in [6.45, 7) is 0. The third kappa shape index (κ3) is 2.44. The molecule has 0 aliphatic carbocycles. The molecule has 84 valence electrons. The van der Waals surface area contributed by atoms with E-state index in [0.717, 1.165) is 17.5 Å². The molecule has 0 radical (unpaired) electrons. The topological polar surface area (TPSA) is 68.8 Å². The van der Waals surface area contributed by atoms with Crippen molar-refractivity contribution in [3.63, 3.8) is 0 Å². The van der Waals surface area contributed by atoms with Crippen molar-refractivity contribution < 1.29 is 0 Å². The molecule has 5 nitrogen and oxygen atoms in total. The molecule has 1 atom stereocenters. The van der Waals surface area contributed by atoms with Gasteiger partial charge in [0.2, 0.25) is 0 Å². The number of aryl methyl sites for hydroxylation is 1. The fraction of sp³-hybridized carbons (Fsp3) is 0.273. The van der Waals surface area contributed by atoms with Gasteiger partial charge in [0, 0.05) is 25.6 Å². The van der Waals surface area contributed by atoms with Crippen molar-refractivity contribution in [1.29, 1.82) is 0 Å². The smallest absolute Gasteiger partial charge is 0.0522 e. The quantitative estimate of drug-likeness (QED) is 0.580. The van der Waals surface area contributed by atoms with E-state index >= 15 is 0 Å². The molecule has 0 aromatic carbocycles. The van der Waals surface area contributed by atoms with Crippen LogP contribution in [-0.4, -0.2) is 14.8 Å². The first kappa shape index (κ1) is 10.8. The molecule has 1 unspecified atom stereocenters. The number of nitrogens with zero attached hydrogens (tertiary/aromatic N) is 3. The summed E-state index contributed by atoms with van der Waals surface area (Å²) in [7, 11) is 1.90. The van der Waals surface area contributed by atoms with Gasteiger partial charge in [-0.15, -0.1) is 0 Å². The van der Waals surface area contributed by atoms with Crippen LogP contribution in [0.5, 0.6) is 0 Å². The lowest BCUT2D eigenvalue weighted by Crippen LogP contribution is -2.29. The molecule has 0 spiro atoms. The highest BCUT2D eigenvalue weighted by atomic mass is 15.2. The summed E-state index contributed by atoms with van der Waals surface area (Å²) in [5.74, 6) is 5.56. The number of aromatic nitrogens is 3. The summed E-state index contributed by atoms with van der Waals surface area (Å²) in [4.78, 5) is 3.99. The minimum Gasteiger partial charge on any atom is -0.276 e. The molecule has 5 heteroatoms. The Morgan fingerprint density at radius 3 is 2.75 bits per heavy atom. The van der Waals surface area contributed by atoms with E-state index in [2.05, 4.69) is 15.5 Å². The molecule has 0 fully saturated rings. The van der Waals surface area contributed by atoms with Crippen LogP contribution in [0.1, 0.15) is 17.2 Å². The number of pyridine rings is 1. The van der Waals surface area contributed by atoms with Crippen molar-refractivity contribution in [2.45, 2.75) is 12.5 Å². The molecule has 3 N–H and O–H groups in total. The zero-order chi connectivity index (χ0) is 11.4. The Kier molecular flexibility index (Phi) is 3.28. The Balaban J connectivity index is 2.12. The molecule has 2 aromatic heterocycles. The normalized spacial score (nSPS) is 12.6. The summed E-state index contributed by atoms with van der Waals surface area (Å²) in [6, 6.07) is 4.01. The summed E-state index contributed by atoms with van der Waals surface area (Å²) in [5.41, 5.74) is 5.09. The molecule has 2 rings (SSSR count). The highest BCUT2D eigenvalue weighted by Crippen LogP contribution is 2.16. The van der Waals surface area contributed by atoms with Crippen LogP contribution in [0.25, 0.3) is 0 Å². The van der Waals surface area contributed by atoms with Gasteiger partial charge >= 0.3 is 0 Å². The van der Waals surface area contributed by atoms with Crippen LogP contribution in [0.15, 0.2) is 36.9 Å². The molecule has 0 bridgehead atoms. The number of nitrogens with one attached hydrogen (secondary N) is 1. The maximum atomic E-state index is 5.56. The van der Waals surface area contributed by atoms with Crippen molar-refractivity contribution in [3.8, 4) is 0 Å². The van der Waals surface area contributed by atoms with E-state index in [0.29, 0.717) is 0 Å². The maximum absolute atomic E-state index is 5.56. The number of hydrogen-bond acceptors (Lipinski definition) is 4. The van der Waals surface area contributed by atoms with Gasteiger partial charge in [-0.25, -0.2) is 0 Å². The Morgan fingerprint density at radius 1 is 1.44 bits per heavy atom. The van der Waals surface area contributed by atoms with Crippen LogP contribution < -0.4 is 11.3 Å². The van der Waals surface area contributed by atoms with Crippen LogP contribution >= 0.6 is 0 Å². The van der Waals surface area contributed by atoms with Gasteiger partial charge in [0.1, 0.15) is 0 Å². The van der Waals surface area contributed by atoms with Crippen molar-refractivity contribution in [3.05, 3.63) is 48.0 Å². The first-order valence-electron chi connectivity index (χ1n) is 5.13. The highest BCUT2D eigenvalue weighted by molar-refractivity contribution is 5.18. The van der Waals surface area contributed by atoms with Crippen LogP contribution in [0.2, 0.25) is 0 Å². The average Bonchev–Trinajstić information content (AvgIpc) is 2.73. The van der Waals surface area contributed by atoms with Crippen LogP contribution in [0.3, 0.4) is 0 Å². The summed E-state index contributed by atoms with van der Waals surface area (Å²) in [5, 5.41) is 4.13. The number of nitrogens with two attached hydrogens (primary N) is 1. The lowest BCUT2D eigenvalue weighted by Gasteiger charge is -2.14. The predicted octanol–water partition coefficient (Wildman–Crippen LogP) is 0.562. The molecule has 0 aliphatic rings. The fourth-order valence-corrected chi connectivity index (χ4v) is 1.68. The fourth-order valence-electron chi connectivity index (χ4n) is 1.68. The van der Waals surface area contributed by atoms with Gasteiger partial charge in [0.15, 0.2) is 0 Å². The lowest BCUT2D eigenvalue weighted by molar-refractivity contribution is 0.551. The zero-order valence-corrected chi connectivity index (χ0v) is 9.17. The molecule has 2 heterocycles. The van der Waals surface area contributed by atoms with E-state index in [-0.39, 0.29) is 6.04 Å². The second-order valence-corrected chi connectivity index (χ2v) is 3.73. The first-order chi connectivity index (χ1) is 7.79. The number of rotatable bonds is 4. The average molecular weight is 217 g/mol. The van der Waals surface area contributed by atoms with E-state index in [1.54, 1.807) is 17.1 Å². The van der Waals surface area contributed by atoms with Crippen molar-refractivity contribution in [2.24, 2.45) is 12.9 Å². The van der Waals surface area contributed by atoms with Crippen LogP contribution in [0.4, 0.5) is 0 Å². The minimum atomic E-state index is 0.0900. The number of hydrogen-bond donors (Lipinski definition) is 2. The summed E-state index contributed by atoms with van der Waals surface area (Å²) in [6.07, 6.45) is 8.19. The van der Waals surface area contributed by atoms with E-state index in [1.807, 2.05) is 31.6 Å². The Bertz CT molecular complexity index is 437. The maximum Gasteiger partial charge on any atom is 0.0522 e. The molecule has 16 heavy (non-hydrogen) atoms. The molecular weight excluding hydrogens is 202 g/mol. The molecule has 2 aromatic rings. The van der Waals surface area contributed by atoms with Gasteiger partial charge in [0.05, 0.1) is 12.2 Å². The van der Waals surface area contributed by atoms with Crippen molar-refractivity contribution in [1.82, 2.24) is 20.2 Å². The Morgan fingerprint density at radius 2 is 2.19 bits per heavy atom. The van der Waals surface area contributed by atoms with Crippen molar-refractivity contribution in [2.75, 3.05) is 0 Å². The van der Waals surface area contributed by atoms with E-state index in [4.69, 9.17) is 5.84 Å². The molecule has 0 saturated heterocycles. The Labute approximate surface area is 94.3 Å². The standard InChI is InChI=1S/C11H15N5/c1-16-8-9(7-14-16)6-11(15-12)10-2-4-13-5-3-10/h2-5,7-8,11,15H,6,12H2,1H3. The molecule has 0 saturated carbocycles. The van der Waals surface area contributed by atoms with Gasteiger partial charge in [-0.05, 0) is 29.7 Å². The van der Waals surface area contributed by atoms with E-state index in [1.165, 1.54) is 0 Å². The van der Waals surface area contributed by atoms with Gasteiger partial charge in [0.25, 0.3) is 0 Å². The summed E-state index contributed by atoms with van der Waals surface area (Å²) >= 11 is 0. The molecule has 0 amide bonds. The second kappa shape index (κ2) is 4.87. The predicted molar refractivity (Wildman–Crippen MR) is 61.2 cm³/mol. The molecule has 0 aliphatic heterocycles. The van der Waals surface area contributed by atoms with E-state index < -0.39 is 0 Å². The molecular formula is C11H15N5. The van der Waals surface area contributed by atoms with Gasteiger partial charge < -0.3 is 0 Å². The zero-order valence-electron chi connectivity index (χ0n) is 9.17. The third-order valence-electron chi connectivity index (χ3n) is 2.51. The SMILES string of the molecule is Cn1cc(CC(NN)c2ccncc2)cn1. The summed E-state index contributed by atoms with van der Waals surface area (Å²) < 4.78 is 1.79. The largest absolute Gasteiger partial charge is 0.276 e. The van der Waals surface area contributed by atoms with Crippen LogP contribution in [-0.2, 0) is 13.5 Å². The lowest BCUT2D eigenvalue weighted by atomic mass is 10.0. The highest BCUT2D eigenvalue weighted by Gasteiger charge is 2.10. The van der Waals surface area contributed by atoms with Gasteiger partial charge in [-0.3, -0.25) is 20.9 Å². The van der Waals surface area contributed by atoms with Gasteiger partial charge in [-0.2, -0.15) is 5.10 Å². The van der Waals surface area contributed by atoms with Gasteiger partial charge in [-0.1, -0.05) is 0 Å². The number of hydrazine groups is 1. The Hall–Kier alpha value is -1.72. The van der Waals surface area contributed by atoms with Crippen LogP contribution in [0, 0.1) is 0 Å². The minimum absolute atomic E-state index is 0.0900. The van der Waals surface area contributed by atoms with Crippen molar-refractivity contribution >= 4 is 0 Å². The first-order valence-corrected chi connectivity index (χ1v) is 5.13.